The lowest BCUT2D eigenvalue weighted by Crippen LogP contribution is -2.19. The first-order valence-corrected chi connectivity index (χ1v) is 7.27. The van der Waals surface area contributed by atoms with Crippen molar-refractivity contribution in [3.8, 4) is 17.2 Å². The molecule has 122 valence electrons. The Labute approximate surface area is 137 Å². The number of phenolic OH excluding ortho intramolecular Hbond substituents is 2. The largest absolute Gasteiger partial charge is 0.508 e. The predicted octanol–water partition coefficient (Wildman–Crippen LogP) is 3.31. The molecule has 0 amide bonds. The van der Waals surface area contributed by atoms with Crippen LogP contribution in [0, 0.1) is 6.92 Å². The number of aromatic hydroxyl groups is 2. The molecule has 3 rings (SSSR count). The fourth-order valence-electron chi connectivity index (χ4n) is 2.37. The number of hydrogen-bond acceptors (Lipinski definition) is 5. The molecule has 0 atom stereocenters. The third-order valence-electron chi connectivity index (χ3n) is 3.74. The molecular weight excluding hydrogens is 308 g/mol. The van der Waals surface area contributed by atoms with E-state index in [1.54, 1.807) is 18.7 Å². The Kier molecular flexibility index (Phi) is 3.91. The molecule has 0 unspecified atom stereocenters. The van der Waals surface area contributed by atoms with Crippen molar-refractivity contribution in [2.45, 2.75) is 6.92 Å². The van der Waals surface area contributed by atoms with Gasteiger partial charge in [-0.15, -0.1) is 10.2 Å². The van der Waals surface area contributed by atoms with E-state index in [9.17, 15) is 15.0 Å². The number of nitrogens with zero attached hydrogens (tertiary/aromatic N) is 4. The number of benzene rings is 2. The van der Waals surface area contributed by atoms with E-state index in [0.29, 0.717) is 5.69 Å². The molecule has 2 aromatic carbocycles. The Morgan fingerprint density at radius 2 is 1.71 bits per heavy atom. The van der Waals surface area contributed by atoms with Gasteiger partial charge in [-0.3, -0.25) is 9.48 Å². The summed E-state index contributed by atoms with van der Waals surface area (Å²) in [6.07, 6.45) is 0. The molecule has 0 aliphatic rings. The summed E-state index contributed by atoms with van der Waals surface area (Å²) in [6, 6.07) is 13.2. The normalized spacial score (nSPS) is 11.2. The first-order valence-electron chi connectivity index (χ1n) is 7.27. The molecule has 0 saturated carbocycles. The van der Waals surface area contributed by atoms with Crippen LogP contribution in [0.2, 0.25) is 0 Å². The number of para-hydroxylation sites is 1. The zero-order chi connectivity index (χ0) is 17.3. The van der Waals surface area contributed by atoms with E-state index in [-0.39, 0.29) is 28.4 Å². The lowest BCUT2D eigenvalue weighted by molar-refractivity contribution is 0.451. The summed E-state index contributed by atoms with van der Waals surface area (Å²) >= 11 is 0. The van der Waals surface area contributed by atoms with E-state index in [0.717, 1.165) is 11.8 Å². The number of phenols is 2. The van der Waals surface area contributed by atoms with Gasteiger partial charge in [0.1, 0.15) is 17.2 Å². The van der Waals surface area contributed by atoms with Crippen LogP contribution in [0.1, 0.15) is 5.69 Å². The van der Waals surface area contributed by atoms with Crippen molar-refractivity contribution in [2.24, 2.45) is 17.3 Å². The third kappa shape index (κ3) is 2.67. The fraction of sp³-hybridized carbons (Fsp3) is 0.118. The van der Waals surface area contributed by atoms with E-state index in [2.05, 4.69) is 10.2 Å². The van der Waals surface area contributed by atoms with Crippen LogP contribution in [0.5, 0.6) is 11.5 Å². The van der Waals surface area contributed by atoms with Gasteiger partial charge in [0.05, 0.1) is 11.4 Å². The molecule has 0 bridgehead atoms. The van der Waals surface area contributed by atoms with Gasteiger partial charge in [0.25, 0.3) is 5.56 Å². The highest BCUT2D eigenvalue weighted by atomic mass is 16.3. The molecule has 1 aromatic heterocycles. The summed E-state index contributed by atoms with van der Waals surface area (Å²) in [4.78, 5) is 12.7. The van der Waals surface area contributed by atoms with Crippen molar-refractivity contribution in [3.63, 3.8) is 0 Å². The lowest BCUT2D eigenvalue weighted by Gasteiger charge is -2.07. The van der Waals surface area contributed by atoms with Crippen LogP contribution < -0.4 is 5.56 Å². The Balaban J connectivity index is 2.07. The van der Waals surface area contributed by atoms with Gasteiger partial charge in [0.2, 0.25) is 0 Å². The highest BCUT2D eigenvalue weighted by molar-refractivity contribution is 5.54. The smallest absolute Gasteiger partial charge is 0.299 e. The van der Waals surface area contributed by atoms with Gasteiger partial charge in [0, 0.05) is 13.1 Å². The van der Waals surface area contributed by atoms with Crippen LogP contribution in [0.3, 0.4) is 0 Å². The van der Waals surface area contributed by atoms with Gasteiger partial charge in [0.15, 0.2) is 5.69 Å². The Bertz CT molecular complexity index is 971. The quantitative estimate of drug-likeness (QED) is 0.724. The van der Waals surface area contributed by atoms with E-state index in [1.807, 2.05) is 30.3 Å². The highest BCUT2D eigenvalue weighted by Gasteiger charge is 2.15. The maximum Gasteiger partial charge on any atom is 0.299 e. The van der Waals surface area contributed by atoms with Crippen LogP contribution in [0.15, 0.2) is 63.6 Å². The van der Waals surface area contributed by atoms with Crippen LogP contribution in [0.4, 0.5) is 11.4 Å². The molecule has 0 aliphatic carbocycles. The number of hydrogen-bond donors (Lipinski definition) is 2. The van der Waals surface area contributed by atoms with E-state index in [1.165, 1.54) is 16.8 Å². The highest BCUT2D eigenvalue weighted by Crippen LogP contribution is 2.31. The summed E-state index contributed by atoms with van der Waals surface area (Å²) in [6.45, 7) is 1.77. The minimum atomic E-state index is -0.303. The second-order valence-corrected chi connectivity index (χ2v) is 5.28. The van der Waals surface area contributed by atoms with Crippen molar-refractivity contribution < 1.29 is 10.2 Å². The average Bonchev–Trinajstić information content (AvgIpc) is 2.78. The van der Waals surface area contributed by atoms with Crippen LogP contribution >= 0.6 is 0 Å². The van der Waals surface area contributed by atoms with E-state index >= 15 is 0 Å². The maximum absolute atomic E-state index is 12.7. The molecule has 0 radical (unpaired) electrons. The van der Waals surface area contributed by atoms with Gasteiger partial charge < -0.3 is 10.2 Å². The Morgan fingerprint density at radius 3 is 2.38 bits per heavy atom. The number of rotatable bonds is 3. The summed E-state index contributed by atoms with van der Waals surface area (Å²) in [5, 5.41) is 27.0. The number of azo groups is 1. The topological polar surface area (TPSA) is 92.1 Å². The lowest BCUT2D eigenvalue weighted by atomic mass is 10.3. The molecule has 7 nitrogen and oxygen atoms in total. The molecule has 7 heteroatoms. The number of aromatic nitrogens is 2. The van der Waals surface area contributed by atoms with Gasteiger partial charge >= 0.3 is 0 Å². The average molecular weight is 324 g/mol. The van der Waals surface area contributed by atoms with Crippen molar-refractivity contribution >= 4 is 11.4 Å². The fourth-order valence-corrected chi connectivity index (χ4v) is 2.37. The summed E-state index contributed by atoms with van der Waals surface area (Å²) < 4.78 is 3.20. The van der Waals surface area contributed by atoms with Gasteiger partial charge in [-0.2, -0.15) is 0 Å². The van der Waals surface area contributed by atoms with Gasteiger partial charge in [-0.25, -0.2) is 4.68 Å². The first-order chi connectivity index (χ1) is 11.5. The van der Waals surface area contributed by atoms with Crippen molar-refractivity contribution in [1.29, 1.82) is 0 Å². The SMILES string of the molecule is Cc1c(N=Nc2ccc(O)cc2O)c(=O)n(-c2ccccc2)n1C. The summed E-state index contributed by atoms with van der Waals surface area (Å²) in [7, 11) is 1.76. The minimum absolute atomic E-state index is 0.0752. The molecule has 24 heavy (non-hydrogen) atoms. The van der Waals surface area contributed by atoms with Crippen molar-refractivity contribution in [1.82, 2.24) is 9.36 Å². The molecule has 0 saturated heterocycles. The Morgan fingerprint density at radius 1 is 1.00 bits per heavy atom. The van der Waals surface area contributed by atoms with E-state index in [4.69, 9.17) is 0 Å². The molecule has 3 aromatic rings. The summed E-state index contributed by atoms with van der Waals surface area (Å²) in [5.41, 5.74) is 1.42. The van der Waals surface area contributed by atoms with Crippen molar-refractivity contribution in [3.05, 3.63) is 64.6 Å². The molecule has 0 fully saturated rings. The zero-order valence-electron chi connectivity index (χ0n) is 13.2. The van der Waals surface area contributed by atoms with Crippen LogP contribution in [0.25, 0.3) is 5.69 Å². The van der Waals surface area contributed by atoms with E-state index < -0.39 is 0 Å². The van der Waals surface area contributed by atoms with Crippen LogP contribution in [-0.2, 0) is 7.05 Å². The molecular formula is C17H16N4O3. The Hall–Kier alpha value is -3.35. The van der Waals surface area contributed by atoms with Crippen LogP contribution in [-0.4, -0.2) is 19.6 Å². The molecule has 0 spiro atoms. The first kappa shape index (κ1) is 15.5. The monoisotopic (exact) mass is 324 g/mol. The molecule has 1 heterocycles. The van der Waals surface area contributed by atoms with Gasteiger partial charge in [-0.05, 0) is 31.2 Å². The second kappa shape index (κ2) is 6.04. The zero-order valence-corrected chi connectivity index (χ0v) is 13.2. The minimum Gasteiger partial charge on any atom is -0.508 e. The van der Waals surface area contributed by atoms with Gasteiger partial charge in [-0.1, -0.05) is 18.2 Å². The maximum atomic E-state index is 12.7. The second-order valence-electron chi connectivity index (χ2n) is 5.28. The van der Waals surface area contributed by atoms with Crippen molar-refractivity contribution in [2.75, 3.05) is 0 Å². The molecule has 0 aliphatic heterocycles. The standard InChI is InChI=1S/C17H16N4O3/c1-11-16(19-18-14-9-8-13(22)10-15(14)23)17(24)21(20(11)2)12-6-4-3-5-7-12/h3-10,22-23H,1-2H3. The molecule has 2 N–H and O–H groups in total. The third-order valence-corrected chi connectivity index (χ3v) is 3.74. The predicted molar refractivity (Wildman–Crippen MR) is 89.7 cm³/mol. The summed E-state index contributed by atoms with van der Waals surface area (Å²) in [5.74, 6) is -0.288.